The summed E-state index contributed by atoms with van der Waals surface area (Å²) in [5.41, 5.74) is 1.50. The van der Waals surface area contributed by atoms with Crippen molar-refractivity contribution in [1.82, 2.24) is 10.2 Å². The smallest absolute Gasteiger partial charge is 0.258 e. The Hall–Kier alpha value is -2.04. The molecule has 1 aliphatic rings. The Morgan fingerprint density at radius 2 is 2.25 bits per heavy atom. The van der Waals surface area contributed by atoms with E-state index in [1.54, 1.807) is 24.1 Å². The van der Waals surface area contributed by atoms with Gasteiger partial charge in [0.1, 0.15) is 11.8 Å². The van der Waals surface area contributed by atoms with Gasteiger partial charge in [0, 0.05) is 13.1 Å². The minimum atomic E-state index is -0.401. The van der Waals surface area contributed by atoms with Gasteiger partial charge in [-0.05, 0) is 25.5 Å². The van der Waals surface area contributed by atoms with Crippen molar-refractivity contribution in [1.29, 1.82) is 0 Å². The van der Waals surface area contributed by atoms with E-state index in [1.807, 2.05) is 19.9 Å². The van der Waals surface area contributed by atoms with E-state index in [1.165, 1.54) is 0 Å². The summed E-state index contributed by atoms with van der Waals surface area (Å²) in [6.45, 7) is 4.86. The Balaban J connectivity index is 2.34. The molecule has 5 heteroatoms. The van der Waals surface area contributed by atoms with Crippen LogP contribution in [0.5, 0.6) is 5.75 Å². The molecule has 1 fully saturated rings. The van der Waals surface area contributed by atoms with Crippen molar-refractivity contribution in [3.05, 3.63) is 29.3 Å². The first-order valence-corrected chi connectivity index (χ1v) is 6.81. The average Bonchev–Trinajstić information content (AvgIpc) is 2.46. The van der Waals surface area contributed by atoms with Gasteiger partial charge in [-0.25, -0.2) is 0 Å². The van der Waals surface area contributed by atoms with Gasteiger partial charge in [0.15, 0.2) is 0 Å². The Morgan fingerprint density at radius 3 is 2.90 bits per heavy atom. The summed E-state index contributed by atoms with van der Waals surface area (Å²) in [5.74, 6) is 0.312. The monoisotopic (exact) mass is 276 g/mol. The molecular formula is C15H20N2O3. The topological polar surface area (TPSA) is 58.6 Å². The normalized spacial score (nSPS) is 18.6. The lowest BCUT2D eigenvalue weighted by molar-refractivity contribution is -0.127. The molecule has 0 radical (unpaired) electrons. The van der Waals surface area contributed by atoms with Crippen molar-refractivity contribution in [2.45, 2.75) is 26.3 Å². The van der Waals surface area contributed by atoms with E-state index in [0.29, 0.717) is 30.8 Å². The van der Waals surface area contributed by atoms with Gasteiger partial charge < -0.3 is 15.0 Å². The van der Waals surface area contributed by atoms with E-state index in [9.17, 15) is 9.59 Å². The van der Waals surface area contributed by atoms with Gasteiger partial charge in [-0.1, -0.05) is 18.6 Å². The first-order valence-electron chi connectivity index (χ1n) is 6.81. The summed E-state index contributed by atoms with van der Waals surface area (Å²) in [5, 5.41) is 2.80. The van der Waals surface area contributed by atoms with Crippen LogP contribution < -0.4 is 10.1 Å². The summed E-state index contributed by atoms with van der Waals surface area (Å²) in [6, 6.07) is 5.09. The Kier molecular flexibility index (Phi) is 4.27. The SMILES string of the molecule is CCC1C(=O)NCCN1C(=O)c1cc(C)ccc1OC. The fourth-order valence-electron chi connectivity index (χ4n) is 2.51. The van der Waals surface area contributed by atoms with Gasteiger partial charge in [-0.15, -0.1) is 0 Å². The molecule has 0 aliphatic carbocycles. The van der Waals surface area contributed by atoms with Gasteiger partial charge in [-0.2, -0.15) is 0 Å². The standard InChI is InChI=1S/C15H20N2O3/c1-4-12-14(18)16-7-8-17(12)15(19)11-9-10(2)5-6-13(11)20-3/h5-6,9,12H,4,7-8H2,1-3H3,(H,16,18). The number of carbonyl (C=O) groups excluding carboxylic acids is 2. The molecule has 0 bridgehead atoms. The van der Waals surface area contributed by atoms with Crippen LogP contribution >= 0.6 is 0 Å². The molecule has 1 heterocycles. The van der Waals surface area contributed by atoms with E-state index in [2.05, 4.69) is 5.32 Å². The molecule has 1 atom stereocenters. The van der Waals surface area contributed by atoms with Gasteiger partial charge in [-0.3, -0.25) is 9.59 Å². The third kappa shape index (κ3) is 2.61. The van der Waals surface area contributed by atoms with Gasteiger partial charge in [0.25, 0.3) is 5.91 Å². The average molecular weight is 276 g/mol. The van der Waals surface area contributed by atoms with Crippen molar-refractivity contribution in [2.24, 2.45) is 0 Å². The van der Waals surface area contributed by atoms with Gasteiger partial charge >= 0.3 is 0 Å². The molecule has 1 aliphatic heterocycles. The number of ether oxygens (including phenoxy) is 1. The molecule has 2 rings (SSSR count). The second-order valence-corrected chi connectivity index (χ2v) is 4.92. The molecule has 2 amide bonds. The number of nitrogens with one attached hydrogen (secondary N) is 1. The summed E-state index contributed by atoms with van der Waals surface area (Å²) in [4.78, 5) is 26.2. The highest BCUT2D eigenvalue weighted by atomic mass is 16.5. The van der Waals surface area contributed by atoms with E-state index < -0.39 is 6.04 Å². The Morgan fingerprint density at radius 1 is 1.50 bits per heavy atom. The summed E-state index contributed by atoms with van der Waals surface area (Å²) in [7, 11) is 1.54. The van der Waals surface area contributed by atoms with Crippen LogP contribution in [0.25, 0.3) is 0 Å². The molecule has 108 valence electrons. The summed E-state index contributed by atoms with van der Waals surface area (Å²) in [6.07, 6.45) is 0.603. The Bertz CT molecular complexity index is 528. The number of methoxy groups -OCH3 is 1. The number of benzene rings is 1. The molecule has 1 N–H and O–H groups in total. The maximum Gasteiger partial charge on any atom is 0.258 e. The predicted octanol–water partition coefficient (Wildman–Crippen LogP) is 1.35. The maximum absolute atomic E-state index is 12.7. The number of rotatable bonds is 3. The van der Waals surface area contributed by atoms with Crippen LogP contribution in [0.3, 0.4) is 0 Å². The van der Waals surface area contributed by atoms with Crippen molar-refractivity contribution in [3.8, 4) is 5.75 Å². The molecule has 0 aromatic heterocycles. The largest absolute Gasteiger partial charge is 0.496 e. The van der Waals surface area contributed by atoms with Crippen LogP contribution in [0, 0.1) is 6.92 Å². The highest BCUT2D eigenvalue weighted by molar-refractivity contribution is 6.00. The lowest BCUT2D eigenvalue weighted by Gasteiger charge is -2.34. The first-order chi connectivity index (χ1) is 9.58. The van der Waals surface area contributed by atoms with Crippen molar-refractivity contribution >= 4 is 11.8 Å². The number of nitrogens with zero attached hydrogens (tertiary/aromatic N) is 1. The first kappa shape index (κ1) is 14.4. The van der Waals surface area contributed by atoms with Crippen molar-refractivity contribution < 1.29 is 14.3 Å². The van der Waals surface area contributed by atoms with Gasteiger partial charge in [0.05, 0.1) is 12.7 Å². The zero-order valence-electron chi connectivity index (χ0n) is 12.1. The van der Waals surface area contributed by atoms with E-state index in [-0.39, 0.29) is 11.8 Å². The lowest BCUT2D eigenvalue weighted by atomic mass is 10.1. The zero-order valence-corrected chi connectivity index (χ0v) is 12.1. The van der Waals surface area contributed by atoms with Crippen molar-refractivity contribution in [2.75, 3.05) is 20.2 Å². The molecule has 1 aromatic rings. The minimum Gasteiger partial charge on any atom is -0.496 e. The quantitative estimate of drug-likeness (QED) is 0.906. The van der Waals surface area contributed by atoms with Crippen LogP contribution in [0.2, 0.25) is 0 Å². The highest BCUT2D eigenvalue weighted by Gasteiger charge is 2.33. The fourth-order valence-corrected chi connectivity index (χ4v) is 2.51. The number of amides is 2. The Labute approximate surface area is 118 Å². The second-order valence-electron chi connectivity index (χ2n) is 4.92. The van der Waals surface area contributed by atoms with Gasteiger partial charge in [0.2, 0.25) is 5.91 Å². The highest BCUT2D eigenvalue weighted by Crippen LogP contribution is 2.23. The number of hydrogen-bond acceptors (Lipinski definition) is 3. The van der Waals surface area contributed by atoms with Crippen LogP contribution in [0.4, 0.5) is 0 Å². The van der Waals surface area contributed by atoms with Crippen LogP contribution in [0.15, 0.2) is 18.2 Å². The maximum atomic E-state index is 12.7. The number of piperazine rings is 1. The molecule has 1 unspecified atom stereocenters. The number of hydrogen-bond donors (Lipinski definition) is 1. The van der Waals surface area contributed by atoms with Crippen molar-refractivity contribution in [3.63, 3.8) is 0 Å². The van der Waals surface area contributed by atoms with E-state index >= 15 is 0 Å². The third-order valence-corrected chi connectivity index (χ3v) is 3.56. The zero-order chi connectivity index (χ0) is 14.7. The second kappa shape index (κ2) is 5.94. The molecule has 1 saturated heterocycles. The predicted molar refractivity (Wildman–Crippen MR) is 75.9 cm³/mol. The molecule has 0 spiro atoms. The fraction of sp³-hybridized carbons (Fsp3) is 0.467. The molecular weight excluding hydrogens is 256 g/mol. The van der Waals surface area contributed by atoms with Crippen LogP contribution in [0.1, 0.15) is 29.3 Å². The summed E-state index contributed by atoms with van der Waals surface area (Å²) < 4.78 is 5.26. The number of aryl methyl sites for hydroxylation is 1. The number of carbonyl (C=O) groups is 2. The minimum absolute atomic E-state index is 0.0845. The third-order valence-electron chi connectivity index (χ3n) is 3.56. The summed E-state index contributed by atoms with van der Waals surface area (Å²) >= 11 is 0. The van der Waals surface area contributed by atoms with E-state index in [0.717, 1.165) is 5.56 Å². The molecule has 5 nitrogen and oxygen atoms in total. The van der Waals surface area contributed by atoms with Crippen LogP contribution in [-0.2, 0) is 4.79 Å². The molecule has 0 saturated carbocycles. The van der Waals surface area contributed by atoms with E-state index in [4.69, 9.17) is 4.74 Å². The lowest BCUT2D eigenvalue weighted by Crippen LogP contribution is -2.56. The van der Waals surface area contributed by atoms with Crippen LogP contribution in [-0.4, -0.2) is 43.0 Å². The molecule has 20 heavy (non-hydrogen) atoms. The molecule has 1 aromatic carbocycles.